The third-order valence-corrected chi connectivity index (χ3v) is 10.0. The van der Waals surface area contributed by atoms with E-state index in [1.165, 1.54) is 218 Å². The number of hydrogen-bond acceptors (Lipinski definition) is 1. The van der Waals surface area contributed by atoms with Crippen molar-refractivity contribution >= 4 is 6.03 Å². The minimum atomic E-state index is 0.0225. The number of rotatable bonds is 41. The summed E-state index contributed by atoms with van der Waals surface area (Å²) in [6, 6.07) is 0.0225. The zero-order valence-electron chi connectivity index (χ0n) is 33.4. The van der Waals surface area contributed by atoms with Gasteiger partial charge in [-0.1, -0.05) is 191 Å². The highest BCUT2D eigenvalue weighted by Crippen LogP contribution is 2.14. The molecule has 0 aliphatic rings. The quantitative estimate of drug-likeness (QED) is 0.0488. The highest BCUT2D eigenvalue weighted by atomic mass is 16.2. The molecule has 0 heterocycles. The van der Waals surface area contributed by atoms with Crippen LogP contribution in [0.1, 0.15) is 238 Å². The first-order valence-corrected chi connectivity index (χ1v) is 22.2. The highest BCUT2D eigenvalue weighted by molar-refractivity contribution is 5.73. The third-order valence-electron chi connectivity index (χ3n) is 10.0. The van der Waals surface area contributed by atoms with Gasteiger partial charge in [0.25, 0.3) is 0 Å². The first-order chi connectivity index (χ1) is 24.3. The summed E-state index contributed by atoms with van der Waals surface area (Å²) < 4.78 is 0. The van der Waals surface area contributed by atoms with Crippen molar-refractivity contribution in [3.63, 3.8) is 0 Å². The van der Waals surface area contributed by atoms with E-state index in [2.05, 4.69) is 48.4 Å². The van der Waals surface area contributed by atoms with E-state index in [1.807, 2.05) is 6.08 Å². The topological polar surface area (TPSA) is 41.1 Å². The number of carbonyl (C=O) groups is 1. The van der Waals surface area contributed by atoms with E-state index in [0.29, 0.717) is 0 Å². The lowest BCUT2D eigenvalue weighted by Crippen LogP contribution is -2.36. The van der Waals surface area contributed by atoms with Gasteiger partial charge in [0.15, 0.2) is 0 Å². The van der Waals surface area contributed by atoms with Crippen molar-refractivity contribution in [2.24, 2.45) is 0 Å². The number of allylic oxidation sites excluding steroid dienone is 5. The van der Waals surface area contributed by atoms with Crippen molar-refractivity contribution in [1.82, 2.24) is 10.6 Å². The van der Waals surface area contributed by atoms with E-state index < -0.39 is 0 Å². The summed E-state index contributed by atoms with van der Waals surface area (Å²) in [6.45, 7) is 7.70. The Bertz CT molecular complexity index is 699. The summed E-state index contributed by atoms with van der Waals surface area (Å²) in [6.07, 6.45) is 59.8. The molecule has 0 atom stereocenters. The number of urea groups is 1. The van der Waals surface area contributed by atoms with Crippen molar-refractivity contribution in [3.8, 4) is 0 Å². The minimum Gasteiger partial charge on any atom is -0.338 e. The molecule has 0 aromatic rings. The Kier molecular flexibility index (Phi) is 43.1. The van der Waals surface area contributed by atoms with Crippen LogP contribution in [0.2, 0.25) is 0 Å². The molecule has 0 unspecified atom stereocenters. The average Bonchev–Trinajstić information content (AvgIpc) is 3.11. The molecule has 0 aromatic carbocycles. The highest BCUT2D eigenvalue weighted by Gasteiger charge is 2.00. The van der Waals surface area contributed by atoms with Crippen molar-refractivity contribution in [2.45, 2.75) is 238 Å². The maximum atomic E-state index is 12.0. The monoisotopic (exact) mass is 685 g/mol. The maximum Gasteiger partial charge on any atom is 0.314 e. The van der Waals surface area contributed by atoms with Crippen molar-refractivity contribution < 1.29 is 4.79 Å². The van der Waals surface area contributed by atoms with Gasteiger partial charge in [0, 0.05) is 13.1 Å². The van der Waals surface area contributed by atoms with Gasteiger partial charge < -0.3 is 10.6 Å². The van der Waals surface area contributed by atoms with Gasteiger partial charge in [0.1, 0.15) is 0 Å². The van der Waals surface area contributed by atoms with Gasteiger partial charge in [-0.05, 0) is 77.0 Å². The molecule has 49 heavy (non-hydrogen) atoms. The molecule has 0 saturated heterocycles. The van der Waals surface area contributed by atoms with Gasteiger partial charge >= 0.3 is 6.03 Å². The van der Waals surface area contributed by atoms with Crippen molar-refractivity contribution in [1.29, 1.82) is 0 Å². The van der Waals surface area contributed by atoms with Crippen molar-refractivity contribution in [3.05, 3.63) is 37.0 Å². The number of amides is 2. The normalized spacial score (nSPS) is 11.6. The molecule has 0 radical (unpaired) electrons. The molecular weight excluding hydrogens is 597 g/mol. The second-order valence-electron chi connectivity index (χ2n) is 15.0. The van der Waals surface area contributed by atoms with Gasteiger partial charge in [-0.2, -0.15) is 0 Å². The van der Waals surface area contributed by atoms with E-state index >= 15 is 0 Å². The van der Waals surface area contributed by atoms with Crippen LogP contribution >= 0.6 is 0 Å². The molecular formula is C46H88N2O. The summed E-state index contributed by atoms with van der Waals surface area (Å²) in [7, 11) is 0. The van der Waals surface area contributed by atoms with E-state index in [-0.39, 0.29) is 6.03 Å². The molecule has 0 spiro atoms. The second-order valence-corrected chi connectivity index (χ2v) is 15.0. The van der Waals surface area contributed by atoms with Crippen molar-refractivity contribution in [2.75, 3.05) is 13.1 Å². The molecule has 2 N–H and O–H groups in total. The fourth-order valence-electron chi connectivity index (χ4n) is 6.66. The number of nitrogens with one attached hydrogen (secondary N) is 2. The van der Waals surface area contributed by atoms with E-state index in [9.17, 15) is 4.79 Å². The Hall–Kier alpha value is -1.51. The van der Waals surface area contributed by atoms with Crippen LogP contribution in [0.4, 0.5) is 4.79 Å². The smallest absolute Gasteiger partial charge is 0.314 e. The standard InChI is InChI=1S/C46H88N2O/c1-3-5-7-9-11-13-15-17-19-21-23-25-27-29-31-33-35-37-39-41-43-45-48-46(49)47-44-42-40-38-36-34-32-30-28-26-24-22-20-18-16-14-12-10-8-6-4-2/h3,18-21H,1,4-17,22-45H2,2H3,(H2,47,48,49)/b20-18-,21-19-. The lowest BCUT2D eigenvalue weighted by atomic mass is 10.1. The number of hydrogen-bond donors (Lipinski definition) is 2. The van der Waals surface area contributed by atoms with Crippen LogP contribution in [0.5, 0.6) is 0 Å². The SMILES string of the molecule is C=CCCCCCCC/C=C\CCCCCCCCCCCCNC(=O)NCCCCCCCCCCCC/C=C\CCCCCCCC. The molecule has 0 rings (SSSR count). The second kappa shape index (κ2) is 44.5. The molecule has 3 nitrogen and oxygen atoms in total. The molecule has 0 fully saturated rings. The summed E-state index contributed by atoms with van der Waals surface area (Å²) in [5, 5.41) is 6.09. The summed E-state index contributed by atoms with van der Waals surface area (Å²) in [5.74, 6) is 0. The fraction of sp³-hybridized carbons (Fsp3) is 0.848. The molecule has 0 aromatic heterocycles. The van der Waals surface area contributed by atoms with Gasteiger partial charge in [-0.3, -0.25) is 0 Å². The van der Waals surface area contributed by atoms with Gasteiger partial charge in [-0.15, -0.1) is 6.58 Å². The molecule has 288 valence electrons. The molecule has 0 aliphatic carbocycles. The zero-order chi connectivity index (χ0) is 35.4. The van der Waals surface area contributed by atoms with Crippen LogP contribution in [-0.2, 0) is 0 Å². The lowest BCUT2D eigenvalue weighted by Gasteiger charge is -2.08. The van der Waals surface area contributed by atoms with Crippen LogP contribution in [0.25, 0.3) is 0 Å². The fourth-order valence-corrected chi connectivity index (χ4v) is 6.66. The first kappa shape index (κ1) is 47.5. The van der Waals surface area contributed by atoms with E-state index in [1.54, 1.807) is 0 Å². The largest absolute Gasteiger partial charge is 0.338 e. The van der Waals surface area contributed by atoms with Gasteiger partial charge in [-0.25, -0.2) is 4.79 Å². The Morgan fingerprint density at radius 2 is 0.612 bits per heavy atom. The maximum absolute atomic E-state index is 12.0. The number of unbranched alkanes of at least 4 members (excludes halogenated alkanes) is 32. The Morgan fingerprint density at radius 1 is 0.367 bits per heavy atom. The van der Waals surface area contributed by atoms with Gasteiger partial charge in [0.2, 0.25) is 0 Å². The Labute approximate surface area is 308 Å². The molecule has 0 bridgehead atoms. The zero-order valence-corrected chi connectivity index (χ0v) is 33.4. The molecule has 0 saturated carbocycles. The third kappa shape index (κ3) is 44.5. The van der Waals surface area contributed by atoms with E-state index in [0.717, 1.165) is 25.9 Å². The van der Waals surface area contributed by atoms with Gasteiger partial charge in [0.05, 0.1) is 0 Å². The van der Waals surface area contributed by atoms with Crippen LogP contribution in [-0.4, -0.2) is 19.1 Å². The predicted molar refractivity (Wildman–Crippen MR) is 222 cm³/mol. The van der Waals surface area contributed by atoms with Crippen LogP contribution in [0, 0.1) is 0 Å². The lowest BCUT2D eigenvalue weighted by molar-refractivity contribution is 0.240. The molecule has 3 heteroatoms. The Balaban J connectivity index is 3.20. The first-order valence-electron chi connectivity index (χ1n) is 22.2. The summed E-state index contributed by atoms with van der Waals surface area (Å²) >= 11 is 0. The minimum absolute atomic E-state index is 0.0225. The van der Waals surface area contributed by atoms with E-state index in [4.69, 9.17) is 0 Å². The molecule has 2 amide bonds. The van der Waals surface area contributed by atoms with Crippen LogP contribution in [0.15, 0.2) is 37.0 Å². The Morgan fingerprint density at radius 3 is 0.898 bits per heavy atom. The summed E-state index contributed by atoms with van der Waals surface area (Å²) in [4.78, 5) is 12.0. The summed E-state index contributed by atoms with van der Waals surface area (Å²) in [5.41, 5.74) is 0. The van der Waals surface area contributed by atoms with Crippen LogP contribution in [0.3, 0.4) is 0 Å². The predicted octanol–water partition coefficient (Wildman–Crippen LogP) is 15.6. The number of carbonyl (C=O) groups excluding carboxylic acids is 1. The van der Waals surface area contributed by atoms with Crippen LogP contribution < -0.4 is 10.6 Å². The average molecular weight is 685 g/mol. The molecule has 0 aliphatic heterocycles.